The SMILES string of the molecule is O=Cc1nc(C2CC2)[nH]c1C(F)(F)F. The largest absolute Gasteiger partial charge is 0.433 e. The van der Waals surface area contributed by atoms with Gasteiger partial charge in [0.1, 0.15) is 11.5 Å². The number of aldehydes is 1. The summed E-state index contributed by atoms with van der Waals surface area (Å²) in [6, 6.07) is 0. The Morgan fingerprint density at radius 3 is 2.43 bits per heavy atom. The second-order valence-corrected chi connectivity index (χ2v) is 3.27. The van der Waals surface area contributed by atoms with E-state index in [9.17, 15) is 18.0 Å². The summed E-state index contributed by atoms with van der Waals surface area (Å²) in [5.41, 5.74) is -1.58. The number of hydrogen-bond donors (Lipinski definition) is 1. The van der Waals surface area contributed by atoms with Crippen molar-refractivity contribution in [2.45, 2.75) is 24.9 Å². The molecule has 0 atom stereocenters. The van der Waals surface area contributed by atoms with Gasteiger partial charge in [-0.2, -0.15) is 13.2 Å². The van der Waals surface area contributed by atoms with Crippen molar-refractivity contribution >= 4 is 6.29 Å². The van der Waals surface area contributed by atoms with Gasteiger partial charge in [-0.1, -0.05) is 0 Å². The van der Waals surface area contributed by atoms with Crippen LogP contribution in [0.3, 0.4) is 0 Å². The Kier molecular flexibility index (Phi) is 1.87. The first kappa shape index (κ1) is 9.23. The van der Waals surface area contributed by atoms with Crippen molar-refractivity contribution in [1.82, 2.24) is 9.97 Å². The average molecular weight is 204 g/mol. The maximum atomic E-state index is 12.3. The van der Waals surface area contributed by atoms with Crippen molar-refractivity contribution in [3.8, 4) is 0 Å². The molecule has 0 saturated heterocycles. The second-order valence-electron chi connectivity index (χ2n) is 3.27. The fourth-order valence-corrected chi connectivity index (χ4v) is 1.26. The van der Waals surface area contributed by atoms with Gasteiger partial charge in [-0.25, -0.2) is 4.98 Å². The van der Waals surface area contributed by atoms with Crippen LogP contribution in [0.15, 0.2) is 0 Å². The lowest BCUT2D eigenvalue weighted by molar-refractivity contribution is -0.141. The monoisotopic (exact) mass is 204 g/mol. The molecule has 0 amide bonds. The number of carbonyl (C=O) groups is 1. The van der Waals surface area contributed by atoms with Crippen molar-refractivity contribution in [2.24, 2.45) is 0 Å². The van der Waals surface area contributed by atoms with Crippen LogP contribution in [0.25, 0.3) is 0 Å². The Bertz CT molecular complexity index is 365. The first-order valence-electron chi connectivity index (χ1n) is 4.14. The third-order valence-electron chi connectivity index (χ3n) is 2.11. The first-order valence-corrected chi connectivity index (χ1v) is 4.14. The van der Waals surface area contributed by atoms with E-state index in [1.54, 1.807) is 0 Å². The predicted molar refractivity (Wildman–Crippen MR) is 41.0 cm³/mol. The molecule has 1 aliphatic rings. The van der Waals surface area contributed by atoms with Crippen molar-refractivity contribution in [1.29, 1.82) is 0 Å². The highest BCUT2D eigenvalue weighted by atomic mass is 19.4. The number of aromatic amines is 1. The summed E-state index contributed by atoms with van der Waals surface area (Å²) in [6.45, 7) is 0. The number of imidazole rings is 1. The maximum absolute atomic E-state index is 12.3. The standard InChI is InChI=1S/C8H7F3N2O/c9-8(10,11)6-5(3-14)12-7(13-6)4-1-2-4/h3-4H,1-2H2,(H,12,13). The number of halogens is 3. The highest BCUT2D eigenvalue weighted by Crippen LogP contribution is 2.40. The van der Waals surface area contributed by atoms with Crippen molar-refractivity contribution < 1.29 is 18.0 Å². The molecule has 1 heterocycles. The number of carbonyl (C=O) groups excluding carboxylic acids is 1. The van der Waals surface area contributed by atoms with Crippen LogP contribution in [-0.4, -0.2) is 16.3 Å². The van der Waals surface area contributed by atoms with Gasteiger partial charge in [0.15, 0.2) is 12.0 Å². The number of alkyl halides is 3. The molecule has 14 heavy (non-hydrogen) atoms. The van der Waals surface area contributed by atoms with E-state index in [2.05, 4.69) is 9.97 Å². The quantitative estimate of drug-likeness (QED) is 0.750. The maximum Gasteiger partial charge on any atom is 0.433 e. The van der Waals surface area contributed by atoms with Crippen LogP contribution in [0.5, 0.6) is 0 Å². The van der Waals surface area contributed by atoms with E-state index in [0.717, 1.165) is 12.8 Å². The number of nitrogens with one attached hydrogen (secondary N) is 1. The molecule has 1 fully saturated rings. The number of rotatable bonds is 2. The molecule has 1 N–H and O–H groups in total. The van der Waals surface area contributed by atoms with Gasteiger partial charge >= 0.3 is 6.18 Å². The zero-order valence-corrected chi connectivity index (χ0v) is 7.06. The molecule has 0 spiro atoms. The van der Waals surface area contributed by atoms with Gasteiger partial charge in [-0.15, -0.1) is 0 Å². The van der Waals surface area contributed by atoms with Crippen molar-refractivity contribution in [3.63, 3.8) is 0 Å². The zero-order chi connectivity index (χ0) is 10.3. The number of H-pyrrole nitrogens is 1. The molecule has 0 radical (unpaired) electrons. The Balaban J connectivity index is 2.41. The molecule has 0 aromatic carbocycles. The topological polar surface area (TPSA) is 45.8 Å². The van der Waals surface area contributed by atoms with Gasteiger partial charge in [0, 0.05) is 5.92 Å². The highest BCUT2D eigenvalue weighted by Gasteiger charge is 2.38. The molecular weight excluding hydrogens is 197 g/mol. The van der Waals surface area contributed by atoms with E-state index in [4.69, 9.17) is 0 Å². The van der Waals surface area contributed by atoms with Crippen LogP contribution in [0.1, 0.15) is 40.8 Å². The minimum atomic E-state index is -4.53. The summed E-state index contributed by atoms with van der Waals surface area (Å²) in [6.07, 6.45) is -2.73. The van der Waals surface area contributed by atoms with Gasteiger partial charge in [0.25, 0.3) is 0 Å². The van der Waals surface area contributed by atoms with E-state index < -0.39 is 17.6 Å². The third-order valence-corrected chi connectivity index (χ3v) is 2.11. The number of hydrogen-bond acceptors (Lipinski definition) is 2. The molecule has 6 heteroatoms. The molecule has 1 aliphatic carbocycles. The summed E-state index contributed by atoms with van der Waals surface area (Å²) in [5, 5.41) is 0. The Hall–Kier alpha value is -1.33. The van der Waals surface area contributed by atoms with E-state index >= 15 is 0 Å². The summed E-state index contributed by atoms with van der Waals surface area (Å²) >= 11 is 0. The summed E-state index contributed by atoms with van der Waals surface area (Å²) < 4.78 is 36.9. The van der Waals surface area contributed by atoms with Gasteiger partial charge in [-0.05, 0) is 12.8 Å². The molecule has 76 valence electrons. The molecule has 1 saturated carbocycles. The minimum Gasteiger partial charge on any atom is -0.338 e. The smallest absolute Gasteiger partial charge is 0.338 e. The van der Waals surface area contributed by atoms with Gasteiger partial charge < -0.3 is 4.98 Å². The molecule has 3 nitrogen and oxygen atoms in total. The average Bonchev–Trinajstić information content (AvgIpc) is 2.83. The van der Waals surface area contributed by atoms with Crippen LogP contribution in [0.4, 0.5) is 13.2 Å². The summed E-state index contributed by atoms with van der Waals surface area (Å²) in [5.74, 6) is 0.351. The molecule has 0 bridgehead atoms. The van der Waals surface area contributed by atoms with Crippen molar-refractivity contribution in [3.05, 3.63) is 17.2 Å². The van der Waals surface area contributed by atoms with Crippen LogP contribution in [0, 0.1) is 0 Å². The normalized spacial score (nSPS) is 17.1. The van der Waals surface area contributed by atoms with Crippen LogP contribution in [-0.2, 0) is 6.18 Å². The second kappa shape index (κ2) is 2.83. The van der Waals surface area contributed by atoms with E-state index in [1.807, 2.05) is 0 Å². The molecule has 1 aromatic rings. The fraction of sp³-hybridized carbons (Fsp3) is 0.500. The lowest BCUT2D eigenvalue weighted by Gasteiger charge is -2.02. The fourth-order valence-electron chi connectivity index (χ4n) is 1.26. The Labute approximate surface area is 77.3 Å². The predicted octanol–water partition coefficient (Wildman–Crippen LogP) is 2.12. The molecule has 2 rings (SSSR count). The number of aromatic nitrogens is 2. The van der Waals surface area contributed by atoms with Crippen LogP contribution < -0.4 is 0 Å². The van der Waals surface area contributed by atoms with E-state index in [0.29, 0.717) is 0 Å². The van der Waals surface area contributed by atoms with E-state index in [1.165, 1.54) is 0 Å². The third kappa shape index (κ3) is 1.51. The summed E-state index contributed by atoms with van der Waals surface area (Å²) in [7, 11) is 0. The summed E-state index contributed by atoms with van der Waals surface area (Å²) in [4.78, 5) is 16.1. The van der Waals surface area contributed by atoms with Crippen LogP contribution >= 0.6 is 0 Å². The first-order chi connectivity index (χ1) is 6.52. The number of nitrogens with zero attached hydrogens (tertiary/aromatic N) is 1. The van der Waals surface area contributed by atoms with Crippen LogP contribution in [0.2, 0.25) is 0 Å². The Morgan fingerprint density at radius 1 is 1.43 bits per heavy atom. The molecule has 0 aliphatic heterocycles. The molecule has 1 aromatic heterocycles. The minimum absolute atomic E-state index is 0.0739. The van der Waals surface area contributed by atoms with Gasteiger partial charge in [0.05, 0.1) is 0 Å². The molecular formula is C8H7F3N2O. The van der Waals surface area contributed by atoms with Gasteiger partial charge in [-0.3, -0.25) is 4.79 Å². The van der Waals surface area contributed by atoms with Crippen molar-refractivity contribution in [2.75, 3.05) is 0 Å². The zero-order valence-electron chi connectivity index (χ0n) is 7.06. The van der Waals surface area contributed by atoms with Gasteiger partial charge in [0.2, 0.25) is 0 Å². The lowest BCUT2D eigenvalue weighted by atomic mass is 10.3. The highest BCUT2D eigenvalue weighted by molar-refractivity contribution is 5.74. The molecule has 0 unspecified atom stereocenters. The lowest BCUT2D eigenvalue weighted by Crippen LogP contribution is -2.08. The Morgan fingerprint density at radius 2 is 2.07 bits per heavy atom. The van der Waals surface area contributed by atoms with E-state index in [-0.39, 0.29) is 18.0 Å².